The average Bonchev–Trinajstić information content (AvgIpc) is 3.03. The largest absolute Gasteiger partial charge is 0.340 e. The second kappa shape index (κ2) is 7.83. The molecule has 0 saturated carbocycles. The van der Waals surface area contributed by atoms with Crippen LogP contribution in [-0.4, -0.2) is 27.3 Å². The molecule has 1 heterocycles. The molecule has 0 aliphatic heterocycles. The highest BCUT2D eigenvalue weighted by Crippen LogP contribution is 2.24. The number of carbonyl (C=O) groups is 1. The molecule has 0 bridgehead atoms. The Hall–Kier alpha value is -2.14. The van der Waals surface area contributed by atoms with Crippen molar-refractivity contribution in [2.45, 2.75) is 32.7 Å². The van der Waals surface area contributed by atoms with Gasteiger partial charge in [-0.25, -0.2) is 4.98 Å². The molecule has 0 saturated heterocycles. The van der Waals surface area contributed by atoms with E-state index in [0.29, 0.717) is 13.0 Å². The molecule has 1 N–H and O–H groups in total. The maximum Gasteiger partial charge on any atom is 0.227 e. The van der Waals surface area contributed by atoms with Crippen LogP contribution in [0.1, 0.15) is 37.7 Å². The fraction of sp³-hybridized carbons (Fsp3) is 0.300. The molecule has 5 heteroatoms. The van der Waals surface area contributed by atoms with Crippen LogP contribution in [0.25, 0.3) is 11.0 Å². The van der Waals surface area contributed by atoms with E-state index in [1.807, 2.05) is 60.4 Å². The number of nitrogens with zero attached hydrogens (tertiary/aromatic N) is 2. The van der Waals surface area contributed by atoms with Crippen LogP contribution in [-0.2, 0) is 11.2 Å². The Labute approximate surface area is 156 Å². The first-order chi connectivity index (χ1) is 12.1. The van der Waals surface area contributed by atoms with Gasteiger partial charge in [0, 0.05) is 11.0 Å². The van der Waals surface area contributed by atoms with Crippen molar-refractivity contribution in [3.8, 4) is 0 Å². The van der Waals surface area contributed by atoms with Gasteiger partial charge in [-0.05, 0) is 37.1 Å². The van der Waals surface area contributed by atoms with E-state index in [-0.39, 0.29) is 11.9 Å². The molecule has 0 fully saturated rings. The fourth-order valence-corrected chi connectivity index (χ4v) is 3.36. The highest BCUT2D eigenvalue weighted by atomic mass is 79.9. The van der Waals surface area contributed by atoms with Crippen LogP contribution in [0.5, 0.6) is 0 Å². The summed E-state index contributed by atoms with van der Waals surface area (Å²) < 4.78 is 1.01. The van der Waals surface area contributed by atoms with E-state index in [2.05, 4.69) is 32.8 Å². The van der Waals surface area contributed by atoms with Crippen molar-refractivity contribution in [2.24, 2.45) is 0 Å². The number of amides is 1. The van der Waals surface area contributed by atoms with Gasteiger partial charge in [-0.2, -0.15) is 0 Å². The molecule has 2 aromatic carbocycles. The maximum atomic E-state index is 12.9. The summed E-state index contributed by atoms with van der Waals surface area (Å²) in [5, 5.41) is 0. The molecule has 0 spiro atoms. The van der Waals surface area contributed by atoms with Gasteiger partial charge in [0.05, 0.1) is 23.5 Å². The number of halogens is 1. The van der Waals surface area contributed by atoms with Gasteiger partial charge < -0.3 is 9.88 Å². The minimum absolute atomic E-state index is 0.0951. The Bertz CT molecular complexity index is 860. The molecule has 25 heavy (non-hydrogen) atoms. The number of imidazole rings is 1. The third-order valence-electron chi connectivity index (χ3n) is 4.31. The van der Waals surface area contributed by atoms with Gasteiger partial charge >= 0.3 is 0 Å². The molecule has 4 nitrogen and oxygen atoms in total. The smallest absolute Gasteiger partial charge is 0.227 e. The van der Waals surface area contributed by atoms with Gasteiger partial charge in [-0.1, -0.05) is 53.2 Å². The summed E-state index contributed by atoms with van der Waals surface area (Å²) in [5.74, 6) is 0.949. The molecule has 130 valence electrons. The molecule has 1 amide bonds. The maximum absolute atomic E-state index is 12.9. The van der Waals surface area contributed by atoms with Crippen molar-refractivity contribution in [2.75, 3.05) is 6.54 Å². The number of rotatable bonds is 6. The normalized spacial score (nSPS) is 12.3. The van der Waals surface area contributed by atoms with Crippen molar-refractivity contribution in [1.82, 2.24) is 14.9 Å². The summed E-state index contributed by atoms with van der Waals surface area (Å²) in [6.07, 6.45) is 1.33. The molecule has 0 aliphatic rings. The lowest BCUT2D eigenvalue weighted by Gasteiger charge is -2.28. The number of fused-ring (bicyclic) bond motifs is 1. The lowest BCUT2D eigenvalue weighted by atomic mass is 10.1. The zero-order valence-electron chi connectivity index (χ0n) is 14.5. The first-order valence-electron chi connectivity index (χ1n) is 8.57. The van der Waals surface area contributed by atoms with Gasteiger partial charge in [0.1, 0.15) is 5.82 Å². The quantitative estimate of drug-likeness (QED) is 0.642. The predicted octanol–water partition coefficient (Wildman–Crippen LogP) is 4.87. The van der Waals surface area contributed by atoms with E-state index in [4.69, 9.17) is 0 Å². The van der Waals surface area contributed by atoms with Crippen LogP contribution in [0, 0.1) is 0 Å². The molecule has 3 rings (SSSR count). The third kappa shape index (κ3) is 4.10. The number of carbonyl (C=O) groups excluding carboxylic acids is 1. The number of hydrogen-bond donors (Lipinski definition) is 1. The molecule has 0 aliphatic carbocycles. The Balaban J connectivity index is 1.83. The Morgan fingerprint density at radius 3 is 2.72 bits per heavy atom. The van der Waals surface area contributed by atoms with Gasteiger partial charge in [0.15, 0.2) is 0 Å². The fourth-order valence-electron chi connectivity index (χ4n) is 2.99. The van der Waals surface area contributed by atoms with Crippen molar-refractivity contribution >= 4 is 32.9 Å². The molecule has 0 radical (unpaired) electrons. The number of H-pyrrole nitrogens is 1. The number of aromatic nitrogens is 2. The number of aromatic amines is 1. The molecule has 1 aromatic heterocycles. The van der Waals surface area contributed by atoms with Gasteiger partial charge in [-0.3, -0.25) is 4.79 Å². The zero-order valence-corrected chi connectivity index (χ0v) is 16.1. The number of benzene rings is 2. The van der Waals surface area contributed by atoms with Crippen molar-refractivity contribution in [3.63, 3.8) is 0 Å². The SMILES string of the molecule is CCCN(C(=O)Cc1ccccc1)C(C)c1nc2ccc(Br)cc2[nH]1. The second-order valence-electron chi connectivity index (χ2n) is 6.21. The van der Waals surface area contributed by atoms with Crippen molar-refractivity contribution in [1.29, 1.82) is 0 Å². The predicted molar refractivity (Wildman–Crippen MR) is 104 cm³/mol. The Morgan fingerprint density at radius 1 is 1.24 bits per heavy atom. The van der Waals surface area contributed by atoms with E-state index in [1.54, 1.807) is 0 Å². The lowest BCUT2D eigenvalue weighted by Crippen LogP contribution is -2.35. The minimum Gasteiger partial charge on any atom is -0.340 e. The van der Waals surface area contributed by atoms with Gasteiger partial charge in [-0.15, -0.1) is 0 Å². The second-order valence-corrected chi connectivity index (χ2v) is 7.12. The molecular weight excluding hydrogens is 378 g/mol. The Kier molecular flexibility index (Phi) is 5.53. The molecule has 3 aromatic rings. The van der Waals surface area contributed by atoms with Gasteiger partial charge in [0.2, 0.25) is 5.91 Å². The highest BCUT2D eigenvalue weighted by Gasteiger charge is 2.23. The van der Waals surface area contributed by atoms with E-state index < -0.39 is 0 Å². The average molecular weight is 400 g/mol. The van der Waals surface area contributed by atoms with Crippen LogP contribution in [0.3, 0.4) is 0 Å². The molecule has 1 atom stereocenters. The lowest BCUT2D eigenvalue weighted by molar-refractivity contribution is -0.132. The first kappa shape index (κ1) is 17.7. The summed E-state index contributed by atoms with van der Waals surface area (Å²) in [6, 6.07) is 15.7. The third-order valence-corrected chi connectivity index (χ3v) is 4.80. The van der Waals surface area contributed by atoms with E-state index in [9.17, 15) is 4.79 Å². The van der Waals surface area contributed by atoms with Crippen molar-refractivity contribution in [3.05, 3.63) is 64.4 Å². The number of nitrogens with one attached hydrogen (secondary N) is 1. The van der Waals surface area contributed by atoms with Crippen molar-refractivity contribution < 1.29 is 4.79 Å². The molecular formula is C20H22BrN3O. The zero-order chi connectivity index (χ0) is 17.8. The van der Waals surface area contributed by atoms with Crippen LogP contribution in [0.2, 0.25) is 0 Å². The topological polar surface area (TPSA) is 49.0 Å². The van der Waals surface area contributed by atoms with Crippen LogP contribution < -0.4 is 0 Å². The number of hydrogen-bond acceptors (Lipinski definition) is 2. The monoisotopic (exact) mass is 399 g/mol. The Morgan fingerprint density at radius 2 is 2.00 bits per heavy atom. The first-order valence-corrected chi connectivity index (χ1v) is 9.36. The van der Waals surface area contributed by atoms with Gasteiger partial charge in [0.25, 0.3) is 0 Å². The summed E-state index contributed by atoms with van der Waals surface area (Å²) in [7, 11) is 0. The summed E-state index contributed by atoms with van der Waals surface area (Å²) >= 11 is 3.48. The standard InChI is InChI=1S/C20H22BrN3O/c1-3-11-24(19(25)12-15-7-5-4-6-8-15)14(2)20-22-17-10-9-16(21)13-18(17)23-20/h4-10,13-14H,3,11-12H2,1-2H3,(H,22,23). The van der Waals surface area contributed by atoms with E-state index >= 15 is 0 Å². The van der Waals surface area contributed by atoms with Crippen LogP contribution >= 0.6 is 15.9 Å². The van der Waals surface area contributed by atoms with E-state index in [1.165, 1.54) is 0 Å². The highest BCUT2D eigenvalue weighted by molar-refractivity contribution is 9.10. The van der Waals surface area contributed by atoms with Crippen LogP contribution in [0.4, 0.5) is 0 Å². The summed E-state index contributed by atoms with van der Waals surface area (Å²) in [5.41, 5.74) is 2.93. The van der Waals surface area contributed by atoms with Crippen LogP contribution in [0.15, 0.2) is 53.0 Å². The summed E-state index contributed by atoms with van der Waals surface area (Å²) in [6.45, 7) is 4.84. The molecule has 1 unspecified atom stereocenters. The minimum atomic E-state index is -0.0951. The van der Waals surface area contributed by atoms with E-state index in [0.717, 1.165) is 33.3 Å². The summed E-state index contributed by atoms with van der Waals surface area (Å²) in [4.78, 5) is 22.8.